The van der Waals surface area contributed by atoms with Crippen LogP contribution in [0.15, 0.2) is 76.2 Å². The zero-order valence-electron chi connectivity index (χ0n) is 23.9. The van der Waals surface area contributed by atoms with Gasteiger partial charge in [-0.05, 0) is 62.2 Å². The minimum absolute atomic E-state index is 0.154. The highest BCUT2D eigenvalue weighted by Crippen LogP contribution is 2.36. The van der Waals surface area contributed by atoms with Crippen molar-refractivity contribution < 1.29 is 33.3 Å². The van der Waals surface area contributed by atoms with Crippen LogP contribution in [0, 0.1) is 0 Å². The molecule has 0 N–H and O–H groups in total. The lowest BCUT2D eigenvalue weighted by Gasteiger charge is -2.25. The van der Waals surface area contributed by atoms with E-state index < -0.39 is 18.0 Å². The number of thiazole rings is 1. The molecule has 0 aliphatic carbocycles. The summed E-state index contributed by atoms with van der Waals surface area (Å²) in [6.45, 7) is 9.43. The number of aromatic nitrogens is 1. The molecular weight excluding hydrogens is 560 g/mol. The molecule has 11 heteroatoms. The van der Waals surface area contributed by atoms with Gasteiger partial charge in [0.15, 0.2) is 22.9 Å². The highest BCUT2D eigenvalue weighted by atomic mass is 32.1. The monoisotopic (exact) mass is 592 g/mol. The molecule has 220 valence electrons. The number of hydrogen-bond donors (Lipinski definition) is 0. The third kappa shape index (κ3) is 6.63. The van der Waals surface area contributed by atoms with E-state index in [2.05, 4.69) is 16.3 Å². The van der Waals surface area contributed by atoms with Crippen molar-refractivity contribution >= 4 is 29.4 Å². The van der Waals surface area contributed by atoms with Gasteiger partial charge in [-0.3, -0.25) is 9.36 Å². The number of allylic oxidation sites excluding steroid dienone is 1. The minimum atomic E-state index is -0.849. The lowest BCUT2D eigenvalue weighted by molar-refractivity contribution is -0.143. The summed E-state index contributed by atoms with van der Waals surface area (Å²) in [5.74, 6) is 0.182. The van der Waals surface area contributed by atoms with Gasteiger partial charge in [-0.2, -0.15) is 0 Å². The van der Waals surface area contributed by atoms with Crippen LogP contribution in [-0.2, 0) is 19.1 Å². The van der Waals surface area contributed by atoms with Crippen LogP contribution in [0.25, 0.3) is 6.08 Å². The van der Waals surface area contributed by atoms with Gasteiger partial charge >= 0.3 is 11.9 Å². The summed E-state index contributed by atoms with van der Waals surface area (Å²) < 4.78 is 29.0. The van der Waals surface area contributed by atoms with Crippen molar-refractivity contribution in [1.82, 2.24) is 4.57 Å². The van der Waals surface area contributed by atoms with Crippen molar-refractivity contribution in [2.24, 2.45) is 4.99 Å². The number of ether oxygens (including phenoxy) is 5. The van der Waals surface area contributed by atoms with Crippen LogP contribution in [0.2, 0.25) is 0 Å². The van der Waals surface area contributed by atoms with Crippen molar-refractivity contribution in [2.75, 3.05) is 33.5 Å². The molecule has 3 aromatic rings. The second kappa shape index (κ2) is 13.8. The number of rotatable bonds is 12. The lowest BCUT2D eigenvalue weighted by Crippen LogP contribution is -2.40. The predicted octanol–water partition coefficient (Wildman–Crippen LogP) is 3.31. The Morgan fingerprint density at radius 2 is 1.88 bits per heavy atom. The molecule has 0 saturated carbocycles. The van der Waals surface area contributed by atoms with E-state index in [1.807, 2.05) is 31.2 Å². The lowest BCUT2D eigenvalue weighted by atomic mass is 9.95. The Bertz CT molecular complexity index is 1700. The Labute approximate surface area is 246 Å². The zero-order chi connectivity index (χ0) is 30.2. The third-order valence-corrected chi connectivity index (χ3v) is 7.18. The molecule has 10 nitrogen and oxygen atoms in total. The number of nitrogens with zero attached hydrogens (tertiary/aromatic N) is 2. The van der Waals surface area contributed by atoms with Gasteiger partial charge in [-0.25, -0.2) is 14.6 Å². The van der Waals surface area contributed by atoms with E-state index in [4.69, 9.17) is 18.9 Å². The summed E-state index contributed by atoms with van der Waals surface area (Å²) in [7, 11) is 1.27. The summed E-state index contributed by atoms with van der Waals surface area (Å²) >= 11 is 1.22. The highest BCUT2D eigenvalue weighted by Gasteiger charge is 2.34. The first-order chi connectivity index (χ1) is 20.3. The van der Waals surface area contributed by atoms with E-state index >= 15 is 0 Å². The topological polar surface area (TPSA) is 115 Å². The first kappa shape index (κ1) is 30.3. The number of hydrogen-bond acceptors (Lipinski definition) is 10. The fourth-order valence-corrected chi connectivity index (χ4v) is 5.43. The van der Waals surface area contributed by atoms with Gasteiger partial charge in [0.2, 0.25) is 0 Å². The molecule has 2 heterocycles. The standard InChI is InChI=1S/C31H32N2O8S/c1-6-14-40-22-11-9-10-20(15-22)16-25-29(35)33-28(27(30(36)39-8-3)19(4)32-31(33)42-25)21-12-13-23(24(17-21)38-7-2)41-18-26(34)37-5/h6,9-13,15-17,28H,1,7-8,14,18H2,2-5H3/b25-16+/t28-/m0/s1. The number of methoxy groups -OCH3 is 1. The number of carbonyl (C=O) groups is 2. The van der Waals surface area contributed by atoms with E-state index in [0.29, 0.717) is 51.1 Å². The maximum Gasteiger partial charge on any atom is 0.343 e. The third-order valence-electron chi connectivity index (χ3n) is 6.20. The quantitative estimate of drug-likeness (QED) is 0.233. The smallest absolute Gasteiger partial charge is 0.343 e. The van der Waals surface area contributed by atoms with Crippen LogP contribution in [0.1, 0.15) is 37.9 Å². The summed E-state index contributed by atoms with van der Waals surface area (Å²) in [5.41, 5.74) is 1.70. The van der Waals surface area contributed by atoms with Crippen molar-refractivity contribution in [3.63, 3.8) is 0 Å². The Kier molecular flexibility index (Phi) is 9.98. The van der Waals surface area contributed by atoms with Crippen molar-refractivity contribution in [2.45, 2.75) is 26.8 Å². The Hall–Kier alpha value is -4.64. The molecule has 0 saturated heterocycles. The molecule has 0 unspecified atom stereocenters. The largest absolute Gasteiger partial charge is 0.490 e. The van der Waals surface area contributed by atoms with Crippen molar-refractivity contribution in [3.05, 3.63) is 97.2 Å². The first-order valence-corrected chi connectivity index (χ1v) is 14.1. The first-order valence-electron chi connectivity index (χ1n) is 13.3. The summed E-state index contributed by atoms with van der Waals surface area (Å²) in [5, 5.41) is 0. The second-order valence-corrected chi connectivity index (χ2v) is 9.99. The molecule has 1 aliphatic heterocycles. The highest BCUT2D eigenvalue weighted by molar-refractivity contribution is 7.07. The number of fused-ring (bicyclic) bond motifs is 1. The van der Waals surface area contributed by atoms with Crippen LogP contribution in [0.4, 0.5) is 0 Å². The molecule has 1 aromatic heterocycles. The SMILES string of the molecule is C=CCOc1cccc(/C=c2/sc3n(c2=O)[C@@H](c2ccc(OCC(=O)OC)c(OCC)c2)C(C(=O)OCC)=C(C)N=3)c1. The number of carbonyl (C=O) groups excluding carboxylic acids is 2. The van der Waals surface area contributed by atoms with E-state index in [0.717, 1.165) is 5.56 Å². The van der Waals surface area contributed by atoms with E-state index in [-0.39, 0.29) is 24.3 Å². The molecule has 1 aliphatic rings. The summed E-state index contributed by atoms with van der Waals surface area (Å²) in [4.78, 5) is 43.9. The van der Waals surface area contributed by atoms with Crippen LogP contribution in [-0.4, -0.2) is 50.0 Å². The van der Waals surface area contributed by atoms with Gasteiger partial charge in [-0.1, -0.05) is 42.2 Å². The van der Waals surface area contributed by atoms with Crippen LogP contribution < -0.4 is 29.1 Å². The molecule has 0 amide bonds. The molecule has 0 radical (unpaired) electrons. The van der Waals surface area contributed by atoms with Crippen LogP contribution in [0.5, 0.6) is 17.2 Å². The minimum Gasteiger partial charge on any atom is -0.490 e. The average Bonchev–Trinajstić information content (AvgIpc) is 3.28. The molecule has 0 bridgehead atoms. The van der Waals surface area contributed by atoms with Gasteiger partial charge in [0.25, 0.3) is 5.56 Å². The van der Waals surface area contributed by atoms with Gasteiger partial charge in [0.05, 0.1) is 42.2 Å². The van der Waals surface area contributed by atoms with Crippen LogP contribution in [0.3, 0.4) is 0 Å². The Morgan fingerprint density at radius 3 is 2.60 bits per heavy atom. The van der Waals surface area contributed by atoms with Crippen molar-refractivity contribution in [3.8, 4) is 17.2 Å². The molecule has 1 atom stereocenters. The normalized spacial score (nSPS) is 14.5. The maximum atomic E-state index is 13.9. The van der Waals surface area contributed by atoms with Crippen molar-refractivity contribution in [1.29, 1.82) is 0 Å². The molecule has 2 aromatic carbocycles. The van der Waals surface area contributed by atoms with E-state index in [1.165, 1.54) is 23.0 Å². The zero-order valence-corrected chi connectivity index (χ0v) is 24.7. The van der Waals surface area contributed by atoms with Gasteiger partial charge in [0, 0.05) is 0 Å². The molecular formula is C31H32N2O8S. The average molecular weight is 593 g/mol. The molecule has 42 heavy (non-hydrogen) atoms. The van der Waals surface area contributed by atoms with E-state index in [1.54, 1.807) is 44.2 Å². The number of benzene rings is 2. The number of esters is 2. The maximum absolute atomic E-state index is 13.9. The summed E-state index contributed by atoms with van der Waals surface area (Å²) in [6.07, 6.45) is 3.42. The van der Waals surface area contributed by atoms with Gasteiger partial charge in [-0.15, -0.1) is 0 Å². The summed E-state index contributed by atoms with van der Waals surface area (Å²) in [6, 6.07) is 11.6. The molecule has 0 fully saturated rings. The second-order valence-electron chi connectivity index (χ2n) is 8.98. The predicted molar refractivity (Wildman–Crippen MR) is 158 cm³/mol. The molecule has 0 spiro atoms. The fraction of sp³-hybridized carbons (Fsp3) is 0.290. The fourth-order valence-electron chi connectivity index (χ4n) is 4.39. The van der Waals surface area contributed by atoms with Gasteiger partial charge < -0.3 is 23.7 Å². The van der Waals surface area contributed by atoms with E-state index in [9.17, 15) is 14.4 Å². The van der Waals surface area contributed by atoms with Gasteiger partial charge in [0.1, 0.15) is 12.4 Å². The Morgan fingerprint density at radius 1 is 1.07 bits per heavy atom. The Balaban J connectivity index is 1.87. The van der Waals surface area contributed by atoms with Crippen LogP contribution >= 0.6 is 11.3 Å². The molecule has 4 rings (SSSR count).